The second-order valence-corrected chi connectivity index (χ2v) is 14.7. The third-order valence-corrected chi connectivity index (χ3v) is 11.3. The van der Waals surface area contributed by atoms with Gasteiger partial charge in [-0.05, 0) is 59.7 Å². The van der Waals surface area contributed by atoms with E-state index in [1.807, 2.05) is 66.7 Å². The molecule has 4 aromatic heterocycles. The average molecular weight is 742 g/mol. The average Bonchev–Trinajstić information content (AvgIpc) is 3.88. The van der Waals surface area contributed by atoms with Crippen LogP contribution in [0.1, 0.15) is 0 Å². The first-order valence-corrected chi connectivity index (χ1v) is 19.4. The van der Waals surface area contributed by atoms with Crippen molar-refractivity contribution in [2.45, 2.75) is 0 Å². The maximum absolute atomic E-state index is 6.40. The molecule has 0 saturated heterocycles. The Kier molecular flexibility index (Phi) is 7.16. The van der Waals surface area contributed by atoms with Crippen molar-refractivity contribution in [1.29, 1.82) is 0 Å². The van der Waals surface area contributed by atoms with Crippen molar-refractivity contribution in [2.24, 2.45) is 0 Å². The molecule has 0 aliphatic carbocycles. The Labute approximate surface area is 332 Å². The summed E-state index contributed by atoms with van der Waals surface area (Å²) in [6.45, 7) is 0. The number of hydrogen-bond acceptors (Lipinski definition) is 5. The fraction of sp³-hybridized carbons (Fsp3) is 0. The number of benzene rings is 8. The molecule has 270 valence electrons. The molecular formula is C53H31N3O2. The van der Waals surface area contributed by atoms with Crippen LogP contribution >= 0.6 is 0 Å². The molecule has 5 heteroatoms. The summed E-state index contributed by atoms with van der Waals surface area (Å²) in [5.74, 6) is 0.670. The zero-order chi connectivity index (χ0) is 38.2. The number of para-hydroxylation sites is 2. The van der Waals surface area contributed by atoms with Crippen LogP contribution in [0, 0.1) is 0 Å². The van der Waals surface area contributed by atoms with Crippen LogP contribution in [-0.2, 0) is 0 Å². The summed E-state index contributed by atoms with van der Waals surface area (Å²) in [7, 11) is 0. The highest BCUT2D eigenvalue weighted by atomic mass is 16.3. The minimum atomic E-state index is 0.670. The Hall–Kier alpha value is -7.89. The summed E-state index contributed by atoms with van der Waals surface area (Å²) < 4.78 is 12.7. The minimum Gasteiger partial charge on any atom is -0.456 e. The molecule has 8 aromatic carbocycles. The van der Waals surface area contributed by atoms with Gasteiger partial charge in [-0.25, -0.2) is 15.0 Å². The molecule has 0 amide bonds. The summed E-state index contributed by atoms with van der Waals surface area (Å²) >= 11 is 0. The van der Waals surface area contributed by atoms with E-state index in [0.29, 0.717) is 5.82 Å². The molecule has 0 aliphatic heterocycles. The highest BCUT2D eigenvalue weighted by Gasteiger charge is 2.19. The summed E-state index contributed by atoms with van der Waals surface area (Å²) in [6, 6.07) is 64.9. The molecule has 4 heterocycles. The summed E-state index contributed by atoms with van der Waals surface area (Å²) in [5, 5.41) is 7.65. The Morgan fingerprint density at radius 2 is 0.914 bits per heavy atom. The van der Waals surface area contributed by atoms with Crippen molar-refractivity contribution in [1.82, 2.24) is 15.0 Å². The van der Waals surface area contributed by atoms with Gasteiger partial charge in [-0.1, -0.05) is 140 Å². The third kappa shape index (κ3) is 5.14. The van der Waals surface area contributed by atoms with Gasteiger partial charge in [0, 0.05) is 60.0 Å². The zero-order valence-corrected chi connectivity index (χ0v) is 31.1. The van der Waals surface area contributed by atoms with Crippen molar-refractivity contribution in [3.8, 4) is 56.3 Å². The fourth-order valence-corrected chi connectivity index (χ4v) is 8.57. The predicted molar refractivity (Wildman–Crippen MR) is 237 cm³/mol. The molecule has 5 nitrogen and oxygen atoms in total. The second-order valence-electron chi connectivity index (χ2n) is 14.7. The van der Waals surface area contributed by atoms with E-state index in [1.54, 1.807) is 0 Å². The number of rotatable bonds is 5. The SMILES string of the molecule is c1ccc(-c2nc(-c3ccc(-c4ccc5nc(-c6ccccc6)c6ccc7oc8ccccc8c7c6c5c4)cc3)cc(-c3cccc4oc5ccccc5c34)n2)cc1. The zero-order valence-electron chi connectivity index (χ0n) is 31.1. The van der Waals surface area contributed by atoms with E-state index in [1.165, 1.54) is 0 Å². The van der Waals surface area contributed by atoms with Gasteiger partial charge in [0.1, 0.15) is 22.3 Å². The van der Waals surface area contributed by atoms with Gasteiger partial charge in [0.2, 0.25) is 0 Å². The van der Waals surface area contributed by atoms with Gasteiger partial charge in [-0.3, -0.25) is 0 Å². The normalized spacial score (nSPS) is 11.8. The van der Waals surface area contributed by atoms with Crippen molar-refractivity contribution < 1.29 is 8.83 Å². The van der Waals surface area contributed by atoms with Crippen LogP contribution in [0.3, 0.4) is 0 Å². The molecule has 0 radical (unpaired) electrons. The molecule has 0 bridgehead atoms. The van der Waals surface area contributed by atoms with Crippen molar-refractivity contribution in [3.05, 3.63) is 188 Å². The van der Waals surface area contributed by atoms with E-state index < -0.39 is 0 Å². The highest BCUT2D eigenvalue weighted by molar-refractivity contribution is 6.28. The van der Waals surface area contributed by atoms with Crippen LogP contribution in [-0.4, -0.2) is 15.0 Å². The third-order valence-electron chi connectivity index (χ3n) is 11.3. The molecule has 0 atom stereocenters. The van der Waals surface area contributed by atoms with E-state index in [-0.39, 0.29) is 0 Å². The predicted octanol–water partition coefficient (Wildman–Crippen LogP) is 14.3. The number of nitrogens with zero attached hydrogens (tertiary/aromatic N) is 3. The molecule has 0 aliphatic rings. The monoisotopic (exact) mass is 741 g/mol. The van der Waals surface area contributed by atoms with Crippen LogP contribution < -0.4 is 0 Å². The summed E-state index contributed by atoms with van der Waals surface area (Å²) in [4.78, 5) is 15.6. The van der Waals surface area contributed by atoms with Crippen LogP contribution in [0.4, 0.5) is 0 Å². The van der Waals surface area contributed by atoms with Gasteiger partial charge < -0.3 is 8.83 Å². The maximum atomic E-state index is 6.40. The lowest BCUT2D eigenvalue weighted by atomic mass is 9.94. The summed E-state index contributed by atoms with van der Waals surface area (Å²) in [6.07, 6.45) is 0. The Morgan fingerprint density at radius 3 is 1.67 bits per heavy atom. The van der Waals surface area contributed by atoms with Gasteiger partial charge in [0.05, 0.1) is 22.6 Å². The maximum Gasteiger partial charge on any atom is 0.160 e. The fourth-order valence-electron chi connectivity index (χ4n) is 8.57. The summed E-state index contributed by atoms with van der Waals surface area (Å²) in [5.41, 5.74) is 13.3. The number of furan rings is 2. The number of pyridine rings is 1. The van der Waals surface area contributed by atoms with Gasteiger partial charge >= 0.3 is 0 Å². The largest absolute Gasteiger partial charge is 0.456 e. The first kappa shape index (κ1) is 32.4. The quantitative estimate of drug-likeness (QED) is 0.164. The first-order valence-electron chi connectivity index (χ1n) is 19.4. The minimum absolute atomic E-state index is 0.670. The van der Waals surface area contributed by atoms with Gasteiger partial charge in [0.15, 0.2) is 5.82 Å². The van der Waals surface area contributed by atoms with E-state index in [0.717, 1.165) is 116 Å². The number of aromatic nitrogens is 3. The van der Waals surface area contributed by atoms with Crippen LogP contribution in [0.5, 0.6) is 0 Å². The first-order chi connectivity index (χ1) is 28.7. The molecule has 12 aromatic rings. The second kappa shape index (κ2) is 12.8. The Morgan fingerprint density at radius 1 is 0.310 bits per heavy atom. The Bertz CT molecular complexity index is 3550. The van der Waals surface area contributed by atoms with Crippen molar-refractivity contribution in [2.75, 3.05) is 0 Å². The number of fused-ring (bicyclic) bond motifs is 10. The lowest BCUT2D eigenvalue weighted by Gasteiger charge is -2.13. The molecule has 0 spiro atoms. The molecular weight excluding hydrogens is 711 g/mol. The van der Waals surface area contributed by atoms with Gasteiger partial charge in [-0.2, -0.15) is 0 Å². The van der Waals surface area contributed by atoms with Gasteiger partial charge in [0.25, 0.3) is 0 Å². The lowest BCUT2D eigenvalue weighted by Crippen LogP contribution is -1.96. The van der Waals surface area contributed by atoms with Crippen molar-refractivity contribution in [3.63, 3.8) is 0 Å². The van der Waals surface area contributed by atoms with E-state index in [4.69, 9.17) is 23.8 Å². The molecule has 0 fully saturated rings. The topological polar surface area (TPSA) is 65.0 Å². The van der Waals surface area contributed by atoms with E-state index in [2.05, 4.69) is 121 Å². The van der Waals surface area contributed by atoms with E-state index in [9.17, 15) is 0 Å². The molecule has 0 unspecified atom stereocenters. The Balaban J connectivity index is 1.02. The smallest absolute Gasteiger partial charge is 0.160 e. The van der Waals surface area contributed by atoms with Crippen molar-refractivity contribution >= 4 is 65.6 Å². The van der Waals surface area contributed by atoms with Crippen LogP contribution in [0.2, 0.25) is 0 Å². The van der Waals surface area contributed by atoms with E-state index >= 15 is 0 Å². The molecule has 0 N–H and O–H groups in total. The van der Waals surface area contributed by atoms with Crippen LogP contribution in [0.15, 0.2) is 197 Å². The lowest BCUT2D eigenvalue weighted by molar-refractivity contribution is 0.668. The van der Waals surface area contributed by atoms with Crippen LogP contribution in [0.25, 0.3) is 122 Å². The standard InChI is InChI=1S/C53H31N3O2/c1-3-12-34(13-4-1)52-40-27-29-48-51(39-17-8-10-20-46(39)58-48)50(40)41-30-36(26-28-42(41)54-52)32-22-24-33(25-23-32)43-31-44(56-53(55-43)35-14-5-2-6-15-35)37-18-11-21-47-49(37)38-16-7-9-19-45(38)57-47/h1-31H. The molecule has 0 saturated carbocycles. The number of hydrogen-bond donors (Lipinski definition) is 0. The molecule has 12 rings (SSSR count). The molecule has 58 heavy (non-hydrogen) atoms. The highest BCUT2D eigenvalue weighted by Crippen LogP contribution is 2.43. The van der Waals surface area contributed by atoms with Gasteiger partial charge in [-0.15, -0.1) is 0 Å².